The summed E-state index contributed by atoms with van der Waals surface area (Å²) in [4.78, 5) is 10.6. The highest BCUT2D eigenvalue weighted by Gasteiger charge is 2.27. The van der Waals surface area contributed by atoms with Gasteiger partial charge in [0.15, 0.2) is 0 Å². The third-order valence-corrected chi connectivity index (χ3v) is 2.28. The first-order chi connectivity index (χ1) is 5.45. The molecule has 0 aliphatic carbocycles. The average Bonchev–Trinajstić information content (AvgIpc) is 2.04. The fourth-order valence-corrected chi connectivity index (χ4v) is 1.05. The number of amides is 1. The molecule has 0 aliphatic heterocycles. The van der Waals surface area contributed by atoms with Crippen LogP contribution in [0.2, 0.25) is 0 Å². The Morgan fingerprint density at radius 3 is 2.17 bits per heavy atom. The molecule has 1 atom stereocenters. The molecule has 0 fully saturated rings. The Kier molecular flexibility index (Phi) is 4.20. The van der Waals surface area contributed by atoms with Gasteiger partial charge in [0.1, 0.15) is 0 Å². The summed E-state index contributed by atoms with van der Waals surface area (Å²) in [5, 5.41) is 9.76. The standard InChI is InChI=1S/C8H18N2O2/c1-3-8(12,4-2)5-6(9)7(10)11/h6,12H,3-5,9H2,1-2H3,(H2,10,11). The zero-order valence-corrected chi connectivity index (χ0v) is 7.71. The molecule has 0 aromatic heterocycles. The van der Waals surface area contributed by atoms with Crippen molar-refractivity contribution in [3.05, 3.63) is 0 Å². The maximum absolute atomic E-state index is 10.6. The van der Waals surface area contributed by atoms with E-state index < -0.39 is 17.6 Å². The van der Waals surface area contributed by atoms with Crippen molar-refractivity contribution < 1.29 is 9.90 Å². The first-order valence-corrected chi connectivity index (χ1v) is 4.22. The lowest BCUT2D eigenvalue weighted by atomic mass is 9.90. The van der Waals surface area contributed by atoms with Gasteiger partial charge >= 0.3 is 0 Å². The number of carbonyl (C=O) groups excluding carboxylic acids is 1. The first-order valence-electron chi connectivity index (χ1n) is 4.22. The summed E-state index contributed by atoms with van der Waals surface area (Å²) >= 11 is 0. The molecule has 0 heterocycles. The molecule has 12 heavy (non-hydrogen) atoms. The smallest absolute Gasteiger partial charge is 0.234 e. The van der Waals surface area contributed by atoms with Crippen LogP contribution in [0, 0.1) is 0 Å². The van der Waals surface area contributed by atoms with E-state index in [9.17, 15) is 9.90 Å². The largest absolute Gasteiger partial charge is 0.390 e. The second kappa shape index (κ2) is 4.42. The molecule has 0 saturated heterocycles. The Bertz CT molecular complexity index is 155. The molecule has 1 amide bonds. The van der Waals surface area contributed by atoms with Gasteiger partial charge in [0.25, 0.3) is 0 Å². The lowest BCUT2D eigenvalue weighted by Crippen LogP contribution is -2.43. The minimum atomic E-state index is -0.839. The quantitative estimate of drug-likeness (QED) is 0.536. The third kappa shape index (κ3) is 3.19. The molecule has 0 aromatic rings. The molecule has 0 aliphatic rings. The van der Waals surface area contributed by atoms with E-state index >= 15 is 0 Å². The van der Waals surface area contributed by atoms with E-state index in [1.807, 2.05) is 13.8 Å². The van der Waals surface area contributed by atoms with E-state index in [0.29, 0.717) is 12.8 Å². The molecule has 4 nitrogen and oxygen atoms in total. The van der Waals surface area contributed by atoms with Crippen LogP contribution >= 0.6 is 0 Å². The lowest BCUT2D eigenvalue weighted by molar-refractivity contribution is -0.121. The van der Waals surface area contributed by atoms with Gasteiger partial charge in [-0.25, -0.2) is 0 Å². The maximum atomic E-state index is 10.6. The van der Waals surface area contributed by atoms with Crippen molar-refractivity contribution in [2.75, 3.05) is 0 Å². The molecule has 0 rings (SSSR count). The molecule has 0 radical (unpaired) electrons. The normalized spacial score (nSPS) is 14.3. The summed E-state index contributed by atoms with van der Waals surface area (Å²) in [6, 6.07) is -0.741. The summed E-state index contributed by atoms with van der Waals surface area (Å²) in [6.45, 7) is 3.72. The first kappa shape index (κ1) is 11.4. The molecule has 0 aromatic carbocycles. The summed E-state index contributed by atoms with van der Waals surface area (Å²) < 4.78 is 0. The number of carbonyl (C=O) groups is 1. The molecule has 1 unspecified atom stereocenters. The van der Waals surface area contributed by atoms with E-state index in [-0.39, 0.29) is 6.42 Å². The minimum Gasteiger partial charge on any atom is -0.390 e. The van der Waals surface area contributed by atoms with Gasteiger partial charge in [-0.05, 0) is 12.8 Å². The predicted molar refractivity (Wildman–Crippen MR) is 47.3 cm³/mol. The van der Waals surface area contributed by atoms with Gasteiger partial charge in [0.05, 0.1) is 11.6 Å². The van der Waals surface area contributed by atoms with Crippen LogP contribution < -0.4 is 11.5 Å². The Morgan fingerprint density at radius 1 is 1.50 bits per heavy atom. The molecular weight excluding hydrogens is 156 g/mol. The van der Waals surface area contributed by atoms with Gasteiger partial charge in [-0.15, -0.1) is 0 Å². The van der Waals surface area contributed by atoms with Crippen molar-refractivity contribution in [3.63, 3.8) is 0 Å². The summed E-state index contributed by atoms with van der Waals surface area (Å²) in [5.41, 5.74) is 9.56. The molecule has 4 heteroatoms. The summed E-state index contributed by atoms with van der Waals surface area (Å²) in [5.74, 6) is -0.560. The highest BCUT2D eigenvalue weighted by molar-refractivity contribution is 5.79. The van der Waals surface area contributed by atoms with Crippen molar-refractivity contribution in [2.45, 2.75) is 44.8 Å². The Balaban J connectivity index is 4.11. The second-order valence-electron chi connectivity index (χ2n) is 3.14. The number of rotatable bonds is 5. The number of nitrogens with two attached hydrogens (primary N) is 2. The Labute approximate surface area is 72.9 Å². The van der Waals surface area contributed by atoms with Gasteiger partial charge in [-0.1, -0.05) is 13.8 Å². The average molecular weight is 174 g/mol. The number of primary amides is 1. The van der Waals surface area contributed by atoms with Crippen LogP contribution in [-0.4, -0.2) is 22.7 Å². The highest BCUT2D eigenvalue weighted by Crippen LogP contribution is 2.20. The van der Waals surface area contributed by atoms with Gasteiger partial charge in [0, 0.05) is 6.42 Å². The Hall–Kier alpha value is -0.610. The molecule has 0 spiro atoms. The monoisotopic (exact) mass is 174 g/mol. The second-order valence-corrected chi connectivity index (χ2v) is 3.14. The van der Waals surface area contributed by atoms with Gasteiger partial charge in [-0.2, -0.15) is 0 Å². The SMILES string of the molecule is CCC(O)(CC)CC(N)C(N)=O. The van der Waals surface area contributed by atoms with Crippen LogP contribution in [-0.2, 0) is 4.79 Å². The maximum Gasteiger partial charge on any atom is 0.234 e. The molecule has 0 saturated carbocycles. The van der Waals surface area contributed by atoms with Crippen LogP contribution in [0.5, 0.6) is 0 Å². The topological polar surface area (TPSA) is 89.3 Å². The number of aliphatic hydroxyl groups is 1. The van der Waals surface area contributed by atoms with E-state index in [0.717, 1.165) is 0 Å². The fourth-order valence-electron chi connectivity index (χ4n) is 1.05. The van der Waals surface area contributed by atoms with Crippen LogP contribution in [0.1, 0.15) is 33.1 Å². The van der Waals surface area contributed by atoms with Crippen molar-refractivity contribution in [2.24, 2.45) is 11.5 Å². The summed E-state index contributed by atoms with van der Waals surface area (Å²) in [7, 11) is 0. The number of hydrogen-bond donors (Lipinski definition) is 3. The van der Waals surface area contributed by atoms with Crippen LogP contribution in [0.3, 0.4) is 0 Å². The van der Waals surface area contributed by atoms with Crippen LogP contribution in [0.25, 0.3) is 0 Å². The lowest BCUT2D eigenvalue weighted by Gasteiger charge is -2.26. The summed E-state index contributed by atoms with van der Waals surface area (Å²) in [6.07, 6.45) is 1.42. The third-order valence-electron chi connectivity index (χ3n) is 2.28. The van der Waals surface area contributed by atoms with Crippen LogP contribution in [0.4, 0.5) is 0 Å². The van der Waals surface area contributed by atoms with Gasteiger partial charge in [0.2, 0.25) is 5.91 Å². The Morgan fingerprint density at radius 2 is 1.92 bits per heavy atom. The van der Waals surface area contributed by atoms with Gasteiger partial charge in [-0.3, -0.25) is 4.79 Å². The molecule has 0 bridgehead atoms. The van der Waals surface area contributed by atoms with Crippen molar-refractivity contribution >= 4 is 5.91 Å². The van der Waals surface area contributed by atoms with E-state index in [2.05, 4.69) is 0 Å². The van der Waals surface area contributed by atoms with Crippen LogP contribution in [0.15, 0.2) is 0 Å². The zero-order valence-electron chi connectivity index (χ0n) is 7.71. The van der Waals surface area contributed by atoms with Crippen molar-refractivity contribution in [1.29, 1.82) is 0 Å². The zero-order chi connectivity index (χ0) is 9.78. The minimum absolute atomic E-state index is 0.245. The highest BCUT2D eigenvalue weighted by atomic mass is 16.3. The molecule has 5 N–H and O–H groups in total. The van der Waals surface area contributed by atoms with Crippen molar-refractivity contribution in [3.8, 4) is 0 Å². The predicted octanol–water partition coefficient (Wildman–Crippen LogP) is -0.260. The van der Waals surface area contributed by atoms with Crippen molar-refractivity contribution in [1.82, 2.24) is 0 Å². The number of hydrogen-bond acceptors (Lipinski definition) is 3. The fraction of sp³-hybridized carbons (Fsp3) is 0.875. The molecular formula is C8H18N2O2. The van der Waals surface area contributed by atoms with Gasteiger partial charge < -0.3 is 16.6 Å². The molecule has 72 valence electrons. The van der Waals surface area contributed by atoms with E-state index in [1.54, 1.807) is 0 Å². The van der Waals surface area contributed by atoms with E-state index in [4.69, 9.17) is 11.5 Å². The van der Waals surface area contributed by atoms with E-state index in [1.165, 1.54) is 0 Å².